The van der Waals surface area contributed by atoms with Crippen molar-refractivity contribution in [1.82, 2.24) is 9.55 Å². The maximum atomic E-state index is 12.3. The fourth-order valence-electron chi connectivity index (χ4n) is 2.35. The number of hydrogen-bond donors (Lipinski definition) is 1. The first-order valence-corrected chi connectivity index (χ1v) is 5.79. The Bertz CT molecular complexity index is 633. The van der Waals surface area contributed by atoms with E-state index < -0.39 is 0 Å². The van der Waals surface area contributed by atoms with Crippen LogP contribution in [-0.2, 0) is 0 Å². The minimum absolute atomic E-state index is 0.00838. The van der Waals surface area contributed by atoms with Gasteiger partial charge in [0.1, 0.15) is 0 Å². The molecular formula is C13H14N2O2. The minimum Gasteiger partial charge on any atom is -0.396 e. The highest BCUT2D eigenvalue weighted by Crippen LogP contribution is 2.41. The summed E-state index contributed by atoms with van der Waals surface area (Å²) in [5, 5.41) is 9.75. The number of aromatic nitrogens is 2. The lowest BCUT2D eigenvalue weighted by Gasteiger charge is -2.07. The van der Waals surface area contributed by atoms with E-state index in [2.05, 4.69) is 4.98 Å². The van der Waals surface area contributed by atoms with Crippen LogP contribution in [0.1, 0.15) is 18.0 Å². The Morgan fingerprint density at radius 1 is 1.53 bits per heavy atom. The molecule has 1 aliphatic carbocycles. The molecule has 0 bridgehead atoms. The van der Waals surface area contributed by atoms with Crippen LogP contribution in [0.5, 0.6) is 0 Å². The van der Waals surface area contributed by atoms with E-state index in [0.29, 0.717) is 5.39 Å². The summed E-state index contributed by atoms with van der Waals surface area (Å²) in [6.45, 7) is 2.06. The van der Waals surface area contributed by atoms with Crippen LogP contribution in [0.25, 0.3) is 10.9 Å². The van der Waals surface area contributed by atoms with Gasteiger partial charge in [0, 0.05) is 18.6 Å². The maximum Gasteiger partial charge on any atom is 0.261 e. The number of nitrogens with zero attached hydrogens (tertiary/aromatic N) is 2. The molecule has 2 aromatic rings. The number of aliphatic hydroxyl groups is 1. The molecule has 4 nitrogen and oxygen atoms in total. The predicted molar refractivity (Wildman–Crippen MR) is 65.0 cm³/mol. The van der Waals surface area contributed by atoms with Crippen LogP contribution in [0.3, 0.4) is 0 Å². The van der Waals surface area contributed by atoms with Gasteiger partial charge in [-0.25, -0.2) is 4.98 Å². The second-order valence-electron chi connectivity index (χ2n) is 4.67. The Hall–Kier alpha value is -1.68. The van der Waals surface area contributed by atoms with E-state index in [9.17, 15) is 4.79 Å². The molecule has 1 N–H and O–H groups in total. The van der Waals surface area contributed by atoms with Gasteiger partial charge in [-0.3, -0.25) is 9.36 Å². The average Bonchev–Trinajstić information content (AvgIpc) is 3.09. The molecule has 1 saturated carbocycles. The van der Waals surface area contributed by atoms with Crippen molar-refractivity contribution in [3.8, 4) is 0 Å². The summed E-state index contributed by atoms with van der Waals surface area (Å²) in [5.74, 6) is 0.218. The third-order valence-corrected chi connectivity index (χ3v) is 3.50. The van der Waals surface area contributed by atoms with Gasteiger partial charge in [0.15, 0.2) is 0 Å². The molecule has 0 aliphatic heterocycles. The van der Waals surface area contributed by atoms with Crippen LogP contribution in [0, 0.1) is 12.8 Å². The van der Waals surface area contributed by atoms with Gasteiger partial charge >= 0.3 is 0 Å². The Labute approximate surface area is 98.5 Å². The van der Waals surface area contributed by atoms with Gasteiger partial charge in [-0.05, 0) is 25.0 Å². The number of aryl methyl sites for hydroxylation is 1. The first kappa shape index (κ1) is 10.5. The molecule has 1 heterocycles. The Morgan fingerprint density at radius 3 is 3.06 bits per heavy atom. The summed E-state index contributed by atoms with van der Waals surface area (Å²) in [5.41, 5.74) is 1.71. The molecule has 0 amide bonds. The van der Waals surface area contributed by atoms with Crippen molar-refractivity contribution in [2.45, 2.75) is 19.4 Å². The van der Waals surface area contributed by atoms with Crippen LogP contribution in [0.15, 0.2) is 29.3 Å². The van der Waals surface area contributed by atoms with Gasteiger partial charge in [0.2, 0.25) is 0 Å². The van der Waals surface area contributed by atoms with Gasteiger partial charge in [-0.2, -0.15) is 0 Å². The van der Waals surface area contributed by atoms with Crippen LogP contribution in [0.2, 0.25) is 0 Å². The number of aliphatic hydroxyl groups excluding tert-OH is 1. The molecular weight excluding hydrogens is 216 g/mol. The fraction of sp³-hybridized carbons (Fsp3) is 0.385. The van der Waals surface area contributed by atoms with E-state index in [0.717, 1.165) is 17.5 Å². The maximum absolute atomic E-state index is 12.3. The molecule has 1 aromatic heterocycles. The largest absolute Gasteiger partial charge is 0.396 e. The van der Waals surface area contributed by atoms with E-state index in [4.69, 9.17) is 5.11 Å². The van der Waals surface area contributed by atoms with Crippen molar-refractivity contribution in [3.05, 3.63) is 40.4 Å². The van der Waals surface area contributed by atoms with Crippen LogP contribution >= 0.6 is 0 Å². The van der Waals surface area contributed by atoms with E-state index in [1.54, 1.807) is 10.9 Å². The van der Waals surface area contributed by atoms with Gasteiger partial charge in [0.25, 0.3) is 5.56 Å². The molecule has 4 heteroatoms. The van der Waals surface area contributed by atoms with Crippen molar-refractivity contribution in [3.63, 3.8) is 0 Å². The number of rotatable bonds is 2. The van der Waals surface area contributed by atoms with Crippen LogP contribution in [-0.4, -0.2) is 21.3 Å². The highest BCUT2D eigenvalue weighted by atomic mass is 16.3. The van der Waals surface area contributed by atoms with Gasteiger partial charge in [-0.15, -0.1) is 0 Å². The molecule has 88 valence electrons. The van der Waals surface area contributed by atoms with Gasteiger partial charge in [0.05, 0.1) is 17.2 Å². The van der Waals surface area contributed by atoms with E-state index in [-0.39, 0.29) is 24.1 Å². The molecule has 2 unspecified atom stereocenters. The topological polar surface area (TPSA) is 55.1 Å². The molecule has 1 aliphatic rings. The minimum atomic E-state index is 0.00838. The molecule has 2 atom stereocenters. The zero-order chi connectivity index (χ0) is 12.0. The molecule has 1 aromatic carbocycles. The summed E-state index contributed by atoms with van der Waals surface area (Å²) in [7, 11) is 0. The third-order valence-electron chi connectivity index (χ3n) is 3.50. The highest BCUT2D eigenvalue weighted by molar-refractivity contribution is 5.80. The number of benzene rings is 1. The fourth-order valence-corrected chi connectivity index (χ4v) is 2.35. The van der Waals surface area contributed by atoms with E-state index in [1.165, 1.54) is 0 Å². The smallest absolute Gasteiger partial charge is 0.261 e. The predicted octanol–water partition coefficient (Wildman–Crippen LogP) is 1.26. The standard InChI is InChI=1S/C13H14N2O2/c1-8-3-2-4-10-12(8)13(17)15(7-14-10)11-5-9(11)6-16/h2-4,7,9,11,16H,5-6H2,1H3. The highest BCUT2D eigenvalue weighted by Gasteiger charge is 2.38. The SMILES string of the molecule is Cc1cccc2ncn(C3CC3CO)c(=O)c12. The van der Waals surface area contributed by atoms with Gasteiger partial charge < -0.3 is 5.11 Å². The summed E-state index contributed by atoms with van der Waals surface area (Å²) >= 11 is 0. The second kappa shape index (κ2) is 3.67. The molecule has 0 radical (unpaired) electrons. The Morgan fingerprint density at radius 2 is 2.35 bits per heavy atom. The molecule has 0 saturated heterocycles. The summed E-state index contributed by atoms with van der Waals surface area (Å²) in [6, 6.07) is 5.81. The van der Waals surface area contributed by atoms with Crippen molar-refractivity contribution in [2.24, 2.45) is 5.92 Å². The number of fused-ring (bicyclic) bond motifs is 1. The summed E-state index contributed by atoms with van der Waals surface area (Å²) in [6.07, 6.45) is 2.47. The molecule has 0 spiro atoms. The normalized spacial score (nSPS) is 22.9. The van der Waals surface area contributed by atoms with Crippen LogP contribution in [0.4, 0.5) is 0 Å². The van der Waals surface area contributed by atoms with E-state index >= 15 is 0 Å². The van der Waals surface area contributed by atoms with Gasteiger partial charge in [-0.1, -0.05) is 12.1 Å². The average molecular weight is 230 g/mol. The monoisotopic (exact) mass is 230 g/mol. The number of hydrogen-bond acceptors (Lipinski definition) is 3. The van der Waals surface area contributed by atoms with Crippen molar-refractivity contribution < 1.29 is 5.11 Å². The van der Waals surface area contributed by atoms with E-state index in [1.807, 2.05) is 25.1 Å². The Balaban J connectivity index is 2.20. The van der Waals surface area contributed by atoms with Crippen molar-refractivity contribution >= 4 is 10.9 Å². The third kappa shape index (κ3) is 1.56. The zero-order valence-corrected chi connectivity index (χ0v) is 9.63. The van der Waals surface area contributed by atoms with Crippen molar-refractivity contribution in [2.75, 3.05) is 6.61 Å². The zero-order valence-electron chi connectivity index (χ0n) is 9.63. The van der Waals surface area contributed by atoms with Crippen molar-refractivity contribution in [1.29, 1.82) is 0 Å². The van der Waals surface area contributed by atoms with Crippen LogP contribution < -0.4 is 5.56 Å². The first-order valence-electron chi connectivity index (χ1n) is 5.79. The molecule has 1 fully saturated rings. The summed E-state index contributed by atoms with van der Waals surface area (Å²) in [4.78, 5) is 16.6. The quantitative estimate of drug-likeness (QED) is 0.845. The lowest BCUT2D eigenvalue weighted by molar-refractivity contribution is 0.268. The molecule has 3 rings (SSSR count). The first-order chi connectivity index (χ1) is 8.22. The molecule has 17 heavy (non-hydrogen) atoms. The Kier molecular flexibility index (Phi) is 2.26. The lowest BCUT2D eigenvalue weighted by atomic mass is 10.1. The lowest BCUT2D eigenvalue weighted by Crippen LogP contribution is -2.21. The second-order valence-corrected chi connectivity index (χ2v) is 4.67. The summed E-state index contributed by atoms with van der Waals surface area (Å²) < 4.78 is 1.66.